The Morgan fingerprint density at radius 3 is 2.83 bits per heavy atom. The van der Waals surface area contributed by atoms with Crippen molar-refractivity contribution < 1.29 is 24.6 Å². The number of aliphatic hydroxyl groups excluding tert-OH is 1. The van der Waals surface area contributed by atoms with Crippen LogP contribution in [0.2, 0.25) is 0 Å². The van der Waals surface area contributed by atoms with E-state index in [0.717, 1.165) is 12.8 Å². The van der Waals surface area contributed by atoms with Crippen molar-refractivity contribution in [2.75, 3.05) is 29.9 Å². The molecule has 2 saturated heterocycles. The second kappa shape index (κ2) is 7.85. The maximum Gasteiger partial charge on any atom is 0.261 e. The predicted octanol–water partition coefficient (Wildman–Crippen LogP) is 1.13. The van der Waals surface area contributed by atoms with Crippen molar-refractivity contribution in [1.82, 2.24) is 4.90 Å². The molecule has 0 radical (unpaired) electrons. The van der Waals surface area contributed by atoms with Crippen LogP contribution in [0.15, 0.2) is 30.4 Å². The molecule has 0 bridgehead atoms. The number of likely N-dealkylation sites (tertiary alicyclic amines) is 1. The highest BCUT2D eigenvalue weighted by molar-refractivity contribution is 6.06. The second-order valence-corrected chi connectivity index (χ2v) is 8.23. The molecule has 3 amide bonds. The van der Waals surface area contributed by atoms with Crippen LogP contribution in [0.4, 0.5) is 11.4 Å². The van der Waals surface area contributed by atoms with Crippen LogP contribution in [0.3, 0.4) is 0 Å². The van der Waals surface area contributed by atoms with E-state index in [0.29, 0.717) is 36.4 Å². The van der Waals surface area contributed by atoms with E-state index < -0.39 is 17.4 Å². The highest BCUT2D eigenvalue weighted by Gasteiger charge is 2.49. The van der Waals surface area contributed by atoms with Crippen molar-refractivity contribution in [2.24, 2.45) is 5.92 Å². The molecular formula is C22H27N3O5. The molecule has 1 aromatic carbocycles. The first-order chi connectivity index (χ1) is 14.4. The van der Waals surface area contributed by atoms with Gasteiger partial charge in [0.2, 0.25) is 11.8 Å². The lowest BCUT2D eigenvalue weighted by molar-refractivity contribution is -0.137. The molecule has 4 rings (SSSR count). The maximum absolute atomic E-state index is 12.6. The second-order valence-electron chi connectivity index (χ2n) is 8.23. The molecule has 30 heavy (non-hydrogen) atoms. The summed E-state index contributed by atoms with van der Waals surface area (Å²) in [4.78, 5) is 40.1. The van der Waals surface area contributed by atoms with Gasteiger partial charge in [0.05, 0.1) is 12.6 Å². The number of hydrogen-bond acceptors (Lipinski definition) is 5. The average molecular weight is 413 g/mol. The third-order valence-corrected chi connectivity index (χ3v) is 6.45. The van der Waals surface area contributed by atoms with Crippen LogP contribution in [0, 0.1) is 5.92 Å². The van der Waals surface area contributed by atoms with Crippen molar-refractivity contribution in [3.8, 4) is 0 Å². The monoisotopic (exact) mass is 413 g/mol. The fraction of sp³-hybridized carbons (Fsp3) is 0.500. The van der Waals surface area contributed by atoms with Crippen LogP contribution < -0.4 is 10.2 Å². The molecule has 0 aliphatic carbocycles. The van der Waals surface area contributed by atoms with E-state index >= 15 is 0 Å². The molecule has 3 aliphatic rings. The minimum absolute atomic E-state index is 0.0188. The van der Waals surface area contributed by atoms with Crippen molar-refractivity contribution in [2.45, 2.75) is 44.2 Å². The summed E-state index contributed by atoms with van der Waals surface area (Å²) in [5.41, 5.74) is -0.151. The summed E-state index contributed by atoms with van der Waals surface area (Å²) in [6, 6.07) is 5.03. The molecule has 2 fully saturated rings. The lowest BCUT2D eigenvalue weighted by atomic mass is 9.82. The first-order valence-electron chi connectivity index (χ1n) is 10.4. The van der Waals surface area contributed by atoms with Crippen molar-refractivity contribution in [1.29, 1.82) is 0 Å². The summed E-state index contributed by atoms with van der Waals surface area (Å²) in [5, 5.41) is 23.4. The first-order valence-corrected chi connectivity index (χ1v) is 10.4. The number of β-lactam (4-membered cyclic amide) rings is 1. The minimum atomic E-state index is -1.78. The summed E-state index contributed by atoms with van der Waals surface area (Å²) < 4.78 is 0. The Morgan fingerprint density at radius 1 is 1.37 bits per heavy atom. The van der Waals surface area contributed by atoms with Crippen molar-refractivity contribution in [3.05, 3.63) is 35.9 Å². The van der Waals surface area contributed by atoms with Crippen LogP contribution in [-0.4, -0.2) is 58.6 Å². The number of nitrogens with zero attached hydrogens (tertiary/aromatic N) is 2. The highest BCUT2D eigenvalue weighted by atomic mass is 16.3. The van der Waals surface area contributed by atoms with Gasteiger partial charge in [0, 0.05) is 48.8 Å². The minimum Gasteiger partial charge on any atom is -0.394 e. The Balaban J connectivity index is 1.50. The van der Waals surface area contributed by atoms with E-state index in [2.05, 4.69) is 5.32 Å². The fourth-order valence-corrected chi connectivity index (χ4v) is 4.49. The Hall–Kier alpha value is -2.71. The zero-order valence-electron chi connectivity index (χ0n) is 17.0. The number of amides is 3. The average Bonchev–Trinajstić information content (AvgIpc) is 3.30. The molecule has 0 aromatic heterocycles. The van der Waals surface area contributed by atoms with Crippen LogP contribution in [-0.2, 0) is 20.0 Å². The van der Waals surface area contributed by atoms with Gasteiger partial charge >= 0.3 is 0 Å². The molecule has 3 atom stereocenters. The van der Waals surface area contributed by atoms with Gasteiger partial charge in [0.1, 0.15) is 0 Å². The summed E-state index contributed by atoms with van der Waals surface area (Å²) in [6.45, 7) is 2.96. The predicted molar refractivity (Wildman–Crippen MR) is 111 cm³/mol. The number of aliphatic hydroxyl groups is 2. The molecule has 3 aliphatic heterocycles. The molecule has 1 aromatic rings. The van der Waals surface area contributed by atoms with Gasteiger partial charge in [-0.3, -0.25) is 14.4 Å². The van der Waals surface area contributed by atoms with Gasteiger partial charge in [-0.25, -0.2) is 0 Å². The van der Waals surface area contributed by atoms with Crippen LogP contribution in [0.1, 0.15) is 38.2 Å². The summed E-state index contributed by atoms with van der Waals surface area (Å²) in [6.07, 6.45) is 5.69. The molecule has 3 heterocycles. The third kappa shape index (κ3) is 3.30. The van der Waals surface area contributed by atoms with Crippen LogP contribution in [0.5, 0.6) is 0 Å². The molecule has 3 N–H and O–H groups in total. The summed E-state index contributed by atoms with van der Waals surface area (Å²) in [5.74, 6) is -1.16. The normalized spacial score (nSPS) is 26.7. The molecule has 0 unspecified atom stereocenters. The van der Waals surface area contributed by atoms with E-state index in [1.807, 2.05) is 0 Å². The van der Waals surface area contributed by atoms with Gasteiger partial charge < -0.3 is 25.3 Å². The van der Waals surface area contributed by atoms with E-state index in [-0.39, 0.29) is 30.9 Å². The Labute approximate surface area is 175 Å². The largest absolute Gasteiger partial charge is 0.394 e. The van der Waals surface area contributed by atoms with Crippen LogP contribution >= 0.6 is 0 Å². The maximum atomic E-state index is 12.6. The number of carbonyl (C=O) groups is 3. The lowest BCUT2D eigenvalue weighted by Gasteiger charge is -2.32. The van der Waals surface area contributed by atoms with Gasteiger partial charge in [0.15, 0.2) is 5.60 Å². The van der Waals surface area contributed by atoms with E-state index in [1.165, 1.54) is 0 Å². The standard InChI is InChI=1S/C22H27N3O5/c1-14(4-2-6-19(27)24-10-3-5-16(24)13-26)22(30)17-12-15(25-11-9-20(25)28)7-8-18(17)23-21(22)29/h2,4,7-8,12,14,16,26,30H,3,5-6,9-11,13H2,1H3,(H,23,29)/b4-2+/t14-,16+,22+/m1/s1. The number of fused-ring (bicyclic) bond motifs is 1. The molecule has 8 heteroatoms. The Kier molecular flexibility index (Phi) is 5.38. The van der Waals surface area contributed by atoms with Gasteiger partial charge in [0.25, 0.3) is 5.91 Å². The van der Waals surface area contributed by atoms with Gasteiger partial charge in [-0.1, -0.05) is 19.1 Å². The number of benzene rings is 1. The van der Waals surface area contributed by atoms with E-state index in [1.54, 1.807) is 47.1 Å². The van der Waals surface area contributed by atoms with Crippen LogP contribution in [0.25, 0.3) is 0 Å². The Bertz CT molecular complexity index is 914. The van der Waals surface area contributed by atoms with Crippen molar-refractivity contribution in [3.63, 3.8) is 0 Å². The third-order valence-electron chi connectivity index (χ3n) is 6.45. The smallest absolute Gasteiger partial charge is 0.261 e. The van der Waals surface area contributed by atoms with Gasteiger partial charge in [-0.15, -0.1) is 0 Å². The summed E-state index contributed by atoms with van der Waals surface area (Å²) >= 11 is 0. The quantitative estimate of drug-likeness (QED) is 0.478. The number of rotatable bonds is 6. The van der Waals surface area contributed by atoms with Crippen molar-refractivity contribution >= 4 is 29.1 Å². The number of hydrogen-bond donors (Lipinski definition) is 3. The Morgan fingerprint density at radius 2 is 2.17 bits per heavy atom. The SMILES string of the molecule is C[C@H](/C=C/CC(=O)N1CCC[C@H]1CO)[C@@]1(O)C(=O)Nc2ccc(N3CCC3=O)cc21. The fourth-order valence-electron chi connectivity index (χ4n) is 4.49. The zero-order valence-corrected chi connectivity index (χ0v) is 17.0. The van der Waals surface area contributed by atoms with E-state index in [4.69, 9.17) is 0 Å². The number of carbonyl (C=O) groups excluding carboxylic acids is 3. The topological polar surface area (TPSA) is 110 Å². The van der Waals surface area contributed by atoms with Gasteiger partial charge in [-0.05, 0) is 31.0 Å². The molecule has 0 spiro atoms. The molecule has 160 valence electrons. The highest BCUT2D eigenvalue weighted by Crippen LogP contribution is 2.43. The number of nitrogens with one attached hydrogen (secondary N) is 1. The molecule has 8 nitrogen and oxygen atoms in total. The number of anilines is 2. The zero-order chi connectivity index (χ0) is 21.5. The van der Waals surface area contributed by atoms with E-state index in [9.17, 15) is 24.6 Å². The van der Waals surface area contributed by atoms with Gasteiger partial charge in [-0.2, -0.15) is 0 Å². The first kappa shape index (κ1) is 20.6. The molecule has 0 saturated carbocycles. The summed E-state index contributed by atoms with van der Waals surface area (Å²) in [7, 11) is 0. The lowest BCUT2D eigenvalue weighted by Crippen LogP contribution is -2.44. The molecular weight excluding hydrogens is 386 g/mol.